The van der Waals surface area contributed by atoms with Crippen molar-refractivity contribution in [3.63, 3.8) is 0 Å². The van der Waals surface area contributed by atoms with Crippen LogP contribution in [0, 0.1) is 0 Å². The number of amides is 1. The Morgan fingerprint density at radius 1 is 1.20 bits per heavy atom. The topological polar surface area (TPSA) is 82.2 Å². The Balaban J connectivity index is 1.78. The SMILES string of the molecule is O=C(O)CCc1c(/C=C2/C(=O)Nc3ccccc32)[nH]c2c1CCCC2. The van der Waals surface area contributed by atoms with Gasteiger partial charge in [-0.25, -0.2) is 0 Å². The van der Waals surface area contributed by atoms with Crippen molar-refractivity contribution in [1.82, 2.24) is 4.98 Å². The molecule has 5 heteroatoms. The largest absolute Gasteiger partial charge is 0.481 e. The summed E-state index contributed by atoms with van der Waals surface area (Å²) in [7, 11) is 0. The molecular formula is C20H20N2O3. The molecule has 1 aliphatic heterocycles. The van der Waals surface area contributed by atoms with Gasteiger partial charge in [0.15, 0.2) is 0 Å². The van der Waals surface area contributed by atoms with E-state index in [4.69, 9.17) is 5.11 Å². The maximum atomic E-state index is 12.4. The molecule has 1 aromatic carbocycles. The van der Waals surface area contributed by atoms with Crippen LogP contribution in [0.4, 0.5) is 5.69 Å². The molecule has 0 spiro atoms. The van der Waals surface area contributed by atoms with Crippen LogP contribution in [-0.4, -0.2) is 22.0 Å². The minimum atomic E-state index is -0.798. The van der Waals surface area contributed by atoms with Crippen LogP contribution in [-0.2, 0) is 28.9 Å². The van der Waals surface area contributed by atoms with Crippen LogP contribution in [0.15, 0.2) is 24.3 Å². The molecule has 3 N–H and O–H groups in total. The number of hydrogen-bond donors (Lipinski definition) is 3. The van der Waals surface area contributed by atoms with Crippen LogP contribution >= 0.6 is 0 Å². The number of anilines is 1. The van der Waals surface area contributed by atoms with Gasteiger partial charge in [-0.2, -0.15) is 0 Å². The summed E-state index contributed by atoms with van der Waals surface area (Å²) in [6, 6.07) is 7.63. The number of para-hydroxylation sites is 1. The third kappa shape index (κ3) is 2.86. The van der Waals surface area contributed by atoms with Gasteiger partial charge in [-0.05, 0) is 55.4 Å². The molecule has 0 radical (unpaired) electrons. The number of H-pyrrole nitrogens is 1. The monoisotopic (exact) mass is 336 g/mol. The molecule has 1 amide bonds. The van der Waals surface area contributed by atoms with E-state index in [-0.39, 0.29) is 12.3 Å². The lowest BCUT2D eigenvalue weighted by Gasteiger charge is -2.12. The molecule has 0 fully saturated rings. The Labute approximate surface area is 145 Å². The molecule has 0 unspecified atom stereocenters. The zero-order chi connectivity index (χ0) is 17.4. The van der Waals surface area contributed by atoms with Gasteiger partial charge >= 0.3 is 5.97 Å². The van der Waals surface area contributed by atoms with E-state index in [1.807, 2.05) is 30.3 Å². The number of aromatic amines is 1. The van der Waals surface area contributed by atoms with Gasteiger partial charge in [0, 0.05) is 29.1 Å². The molecule has 0 saturated heterocycles. The predicted octanol–water partition coefficient (Wildman–Crippen LogP) is 3.40. The highest BCUT2D eigenvalue weighted by atomic mass is 16.4. The lowest BCUT2D eigenvalue weighted by Crippen LogP contribution is -2.05. The maximum Gasteiger partial charge on any atom is 0.303 e. The number of carboxylic acids is 1. The number of carbonyl (C=O) groups is 2. The number of rotatable bonds is 4. The van der Waals surface area contributed by atoms with Gasteiger partial charge in [0.1, 0.15) is 0 Å². The van der Waals surface area contributed by atoms with Crippen molar-refractivity contribution in [2.75, 3.05) is 5.32 Å². The molecule has 4 rings (SSSR count). The summed E-state index contributed by atoms with van der Waals surface area (Å²) in [5.74, 6) is -0.911. The summed E-state index contributed by atoms with van der Waals surface area (Å²) in [5, 5.41) is 12.0. The van der Waals surface area contributed by atoms with Crippen molar-refractivity contribution in [2.45, 2.75) is 38.5 Å². The number of hydrogen-bond acceptors (Lipinski definition) is 2. The van der Waals surface area contributed by atoms with E-state index >= 15 is 0 Å². The standard InChI is InChI=1S/C20H20N2O3/c23-19(24)10-9-14-12-5-1-3-7-16(12)21-18(14)11-15-13-6-2-4-8-17(13)22-20(15)25/h2,4,6,8,11,21H,1,3,5,7,9-10H2,(H,22,25)(H,23,24)/b15-11+. The number of aliphatic carboxylic acids is 1. The normalized spacial score (nSPS) is 17.3. The Hall–Kier alpha value is -2.82. The predicted molar refractivity (Wildman–Crippen MR) is 96.3 cm³/mol. The second kappa shape index (κ2) is 6.24. The third-order valence-electron chi connectivity index (χ3n) is 5.03. The number of nitrogens with one attached hydrogen (secondary N) is 2. The van der Waals surface area contributed by atoms with Gasteiger partial charge in [0.05, 0.1) is 5.57 Å². The molecule has 0 saturated carbocycles. The van der Waals surface area contributed by atoms with Crippen molar-refractivity contribution < 1.29 is 14.7 Å². The Morgan fingerprint density at radius 3 is 2.84 bits per heavy atom. The zero-order valence-corrected chi connectivity index (χ0v) is 13.9. The summed E-state index contributed by atoms with van der Waals surface area (Å²) in [6.07, 6.45) is 6.72. The van der Waals surface area contributed by atoms with Gasteiger partial charge in [-0.3, -0.25) is 9.59 Å². The maximum absolute atomic E-state index is 12.4. The number of aromatic nitrogens is 1. The molecule has 1 aromatic heterocycles. The number of benzene rings is 1. The van der Waals surface area contributed by atoms with Crippen molar-refractivity contribution in [1.29, 1.82) is 0 Å². The van der Waals surface area contributed by atoms with E-state index in [0.29, 0.717) is 12.0 Å². The first-order chi connectivity index (χ1) is 12.1. The minimum absolute atomic E-state index is 0.100. The summed E-state index contributed by atoms with van der Waals surface area (Å²) in [5.41, 5.74) is 6.74. The summed E-state index contributed by atoms with van der Waals surface area (Å²) in [4.78, 5) is 26.9. The smallest absolute Gasteiger partial charge is 0.303 e. The van der Waals surface area contributed by atoms with Gasteiger partial charge < -0.3 is 15.4 Å². The molecular weight excluding hydrogens is 316 g/mol. The second-order valence-electron chi connectivity index (χ2n) is 6.63. The molecule has 128 valence electrons. The third-order valence-corrected chi connectivity index (χ3v) is 5.03. The van der Waals surface area contributed by atoms with Crippen LogP contribution in [0.2, 0.25) is 0 Å². The van der Waals surface area contributed by atoms with Gasteiger partial charge in [-0.1, -0.05) is 18.2 Å². The molecule has 2 aromatic rings. The number of carbonyl (C=O) groups excluding carboxylic acids is 1. The molecule has 2 aliphatic rings. The van der Waals surface area contributed by atoms with Crippen molar-refractivity contribution in [3.05, 3.63) is 52.3 Å². The molecule has 0 atom stereocenters. The number of carboxylic acid groups (broad SMARTS) is 1. The van der Waals surface area contributed by atoms with Gasteiger partial charge in [-0.15, -0.1) is 0 Å². The quantitative estimate of drug-likeness (QED) is 0.748. The highest BCUT2D eigenvalue weighted by Gasteiger charge is 2.25. The fourth-order valence-electron chi connectivity index (χ4n) is 3.84. The Morgan fingerprint density at radius 2 is 2.00 bits per heavy atom. The molecule has 5 nitrogen and oxygen atoms in total. The Kier molecular flexibility index (Phi) is 3.92. The highest BCUT2D eigenvalue weighted by molar-refractivity contribution is 6.34. The summed E-state index contributed by atoms with van der Waals surface area (Å²) in [6.45, 7) is 0. The number of fused-ring (bicyclic) bond motifs is 2. The van der Waals surface area contributed by atoms with E-state index in [9.17, 15) is 9.59 Å². The van der Waals surface area contributed by atoms with Gasteiger partial charge in [0.25, 0.3) is 5.91 Å². The van der Waals surface area contributed by atoms with Crippen LogP contribution in [0.1, 0.15) is 47.3 Å². The van der Waals surface area contributed by atoms with Crippen molar-refractivity contribution in [3.8, 4) is 0 Å². The van der Waals surface area contributed by atoms with Crippen molar-refractivity contribution in [2.24, 2.45) is 0 Å². The van der Waals surface area contributed by atoms with E-state index in [2.05, 4.69) is 10.3 Å². The first kappa shape index (κ1) is 15.7. The van der Waals surface area contributed by atoms with E-state index in [1.165, 1.54) is 11.3 Å². The van der Waals surface area contributed by atoms with Crippen LogP contribution < -0.4 is 5.32 Å². The van der Waals surface area contributed by atoms with Gasteiger partial charge in [0.2, 0.25) is 0 Å². The summed E-state index contributed by atoms with van der Waals surface area (Å²) < 4.78 is 0. The minimum Gasteiger partial charge on any atom is -0.481 e. The van der Waals surface area contributed by atoms with E-state index < -0.39 is 5.97 Å². The lowest BCUT2D eigenvalue weighted by atomic mass is 9.92. The lowest BCUT2D eigenvalue weighted by molar-refractivity contribution is -0.137. The highest BCUT2D eigenvalue weighted by Crippen LogP contribution is 2.35. The first-order valence-electron chi connectivity index (χ1n) is 8.70. The average molecular weight is 336 g/mol. The molecule has 0 bridgehead atoms. The molecule has 2 heterocycles. The molecule has 25 heavy (non-hydrogen) atoms. The van der Waals surface area contributed by atoms with Crippen LogP contribution in [0.3, 0.4) is 0 Å². The first-order valence-corrected chi connectivity index (χ1v) is 8.70. The van der Waals surface area contributed by atoms with Crippen molar-refractivity contribution >= 4 is 29.2 Å². The van der Waals surface area contributed by atoms with E-state index in [1.54, 1.807) is 0 Å². The number of aryl methyl sites for hydroxylation is 1. The Bertz CT molecular complexity index is 892. The van der Waals surface area contributed by atoms with Crippen LogP contribution in [0.25, 0.3) is 11.6 Å². The zero-order valence-electron chi connectivity index (χ0n) is 13.9. The fraction of sp³-hybridized carbons (Fsp3) is 0.300. The second-order valence-corrected chi connectivity index (χ2v) is 6.63. The van der Waals surface area contributed by atoms with E-state index in [0.717, 1.165) is 48.2 Å². The van der Waals surface area contributed by atoms with Crippen LogP contribution in [0.5, 0.6) is 0 Å². The fourth-order valence-corrected chi connectivity index (χ4v) is 3.84. The molecule has 1 aliphatic carbocycles. The summed E-state index contributed by atoms with van der Waals surface area (Å²) >= 11 is 0. The average Bonchev–Trinajstić information content (AvgIpc) is 3.11.